The lowest BCUT2D eigenvalue weighted by Gasteiger charge is -2.29. The average molecular weight is 395 g/mol. The van der Waals surface area contributed by atoms with Crippen LogP contribution in [0.3, 0.4) is 0 Å². The van der Waals surface area contributed by atoms with Crippen LogP contribution >= 0.6 is 27.3 Å². The number of thiophene rings is 1. The average Bonchev–Trinajstić information content (AvgIpc) is 2.81. The smallest absolute Gasteiger partial charge is 0.242 e. The van der Waals surface area contributed by atoms with Crippen molar-refractivity contribution in [1.29, 1.82) is 0 Å². The molecule has 4 nitrogen and oxygen atoms in total. The zero-order valence-corrected chi connectivity index (χ0v) is 15.7. The van der Waals surface area contributed by atoms with E-state index in [1.807, 2.05) is 6.92 Å². The van der Waals surface area contributed by atoms with E-state index < -0.39 is 10.0 Å². The van der Waals surface area contributed by atoms with E-state index in [1.54, 1.807) is 6.07 Å². The maximum Gasteiger partial charge on any atom is 0.242 e. The van der Waals surface area contributed by atoms with E-state index in [0.29, 0.717) is 21.1 Å². The summed E-state index contributed by atoms with van der Waals surface area (Å²) in [6, 6.07) is 1.83. The number of hydrogen-bond acceptors (Lipinski definition) is 4. The van der Waals surface area contributed by atoms with Crippen LogP contribution in [0.15, 0.2) is 14.7 Å². The molecule has 1 fully saturated rings. The fraction of sp³-hybridized carbons (Fsp3) is 0.714. The summed E-state index contributed by atoms with van der Waals surface area (Å²) in [4.78, 5) is 1.40. The summed E-state index contributed by atoms with van der Waals surface area (Å²) < 4.78 is 28.8. The van der Waals surface area contributed by atoms with Gasteiger partial charge in [0.2, 0.25) is 10.0 Å². The molecular weight excluding hydrogens is 372 g/mol. The topological polar surface area (TPSA) is 58.2 Å². The Labute approximate surface area is 139 Å². The third-order valence-electron chi connectivity index (χ3n) is 3.96. The van der Waals surface area contributed by atoms with Gasteiger partial charge in [0, 0.05) is 17.5 Å². The predicted molar refractivity (Wildman–Crippen MR) is 91.1 cm³/mol. The fourth-order valence-electron chi connectivity index (χ4n) is 2.67. The van der Waals surface area contributed by atoms with Crippen LogP contribution in [0.4, 0.5) is 0 Å². The Morgan fingerprint density at radius 3 is 2.76 bits per heavy atom. The van der Waals surface area contributed by atoms with Crippen LogP contribution in [0.2, 0.25) is 0 Å². The van der Waals surface area contributed by atoms with Crippen molar-refractivity contribution in [3.63, 3.8) is 0 Å². The molecule has 0 aliphatic heterocycles. The van der Waals surface area contributed by atoms with E-state index in [0.717, 1.165) is 30.7 Å². The molecule has 1 saturated carbocycles. The Bertz CT molecular complexity index is 572. The summed E-state index contributed by atoms with van der Waals surface area (Å²) in [5, 5.41) is 3.22. The largest absolute Gasteiger partial charge is 0.312 e. The van der Waals surface area contributed by atoms with Crippen molar-refractivity contribution < 1.29 is 8.42 Å². The van der Waals surface area contributed by atoms with Crippen LogP contribution in [-0.4, -0.2) is 21.0 Å². The van der Waals surface area contributed by atoms with Gasteiger partial charge in [-0.3, -0.25) is 0 Å². The highest BCUT2D eigenvalue weighted by molar-refractivity contribution is 9.11. The Kier molecular flexibility index (Phi) is 6.25. The van der Waals surface area contributed by atoms with Gasteiger partial charge in [-0.1, -0.05) is 26.7 Å². The van der Waals surface area contributed by atoms with E-state index >= 15 is 0 Å². The highest BCUT2D eigenvalue weighted by Gasteiger charge is 2.28. The maximum absolute atomic E-state index is 12.6. The first-order chi connectivity index (χ1) is 9.94. The molecule has 0 amide bonds. The monoisotopic (exact) mass is 394 g/mol. The van der Waals surface area contributed by atoms with Crippen molar-refractivity contribution in [1.82, 2.24) is 10.0 Å². The van der Waals surface area contributed by atoms with Crippen LogP contribution in [0.25, 0.3) is 0 Å². The van der Waals surface area contributed by atoms with Crippen molar-refractivity contribution in [2.45, 2.75) is 57.0 Å². The van der Waals surface area contributed by atoms with Crippen LogP contribution in [0.5, 0.6) is 0 Å². The van der Waals surface area contributed by atoms with Gasteiger partial charge in [0.1, 0.15) is 4.90 Å². The summed E-state index contributed by atoms with van der Waals surface area (Å²) in [5.41, 5.74) is 0. The van der Waals surface area contributed by atoms with Crippen LogP contribution in [0.1, 0.15) is 44.4 Å². The summed E-state index contributed by atoms with van der Waals surface area (Å²) >= 11 is 4.88. The van der Waals surface area contributed by atoms with E-state index in [-0.39, 0.29) is 6.04 Å². The molecule has 0 bridgehead atoms. The fourth-order valence-corrected chi connectivity index (χ4v) is 6.70. The lowest BCUT2D eigenvalue weighted by atomic mass is 9.87. The standard InChI is InChI=1S/C14H23BrN2O2S2/c1-3-16-9-11-8-13(14(15)20-11)21(18,19)17-12-7-5-4-6-10(12)2/h8,10,12,16-17H,3-7,9H2,1-2H3. The Morgan fingerprint density at radius 2 is 2.10 bits per heavy atom. The first-order valence-electron chi connectivity index (χ1n) is 7.45. The van der Waals surface area contributed by atoms with Crippen molar-refractivity contribution >= 4 is 37.3 Å². The van der Waals surface area contributed by atoms with Crippen molar-refractivity contribution in [2.24, 2.45) is 5.92 Å². The predicted octanol–water partition coefficient (Wildman–Crippen LogP) is 3.48. The molecule has 1 aromatic rings. The second-order valence-electron chi connectivity index (χ2n) is 5.62. The minimum absolute atomic E-state index is 0.0627. The van der Waals surface area contributed by atoms with E-state index in [2.05, 4.69) is 32.9 Å². The summed E-state index contributed by atoms with van der Waals surface area (Å²) in [5.74, 6) is 0.409. The SMILES string of the molecule is CCNCc1cc(S(=O)(=O)NC2CCCCC2C)c(Br)s1. The van der Waals surface area contributed by atoms with Gasteiger partial charge in [-0.25, -0.2) is 13.1 Å². The molecule has 2 rings (SSSR count). The lowest BCUT2D eigenvalue weighted by molar-refractivity contribution is 0.310. The van der Waals surface area contributed by atoms with Crippen molar-refractivity contribution in [2.75, 3.05) is 6.54 Å². The number of halogens is 1. The molecule has 21 heavy (non-hydrogen) atoms. The van der Waals surface area contributed by atoms with E-state index in [1.165, 1.54) is 17.8 Å². The molecule has 0 aromatic carbocycles. The quantitative estimate of drug-likeness (QED) is 0.776. The van der Waals surface area contributed by atoms with Gasteiger partial charge in [-0.2, -0.15) is 0 Å². The zero-order chi connectivity index (χ0) is 15.5. The minimum atomic E-state index is -3.44. The minimum Gasteiger partial charge on any atom is -0.312 e. The van der Waals surface area contributed by atoms with Gasteiger partial charge < -0.3 is 5.32 Å². The molecule has 7 heteroatoms. The van der Waals surface area contributed by atoms with Crippen LogP contribution in [0, 0.1) is 5.92 Å². The molecule has 2 N–H and O–H groups in total. The molecule has 1 heterocycles. The maximum atomic E-state index is 12.6. The van der Waals surface area contributed by atoms with Crippen LogP contribution < -0.4 is 10.0 Å². The zero-order valence-electron chi connectivity index (χ0n) is 12.5. The molecule has 1 aliphatic carbocycles. The molecule has 0 spiro atoms. The third kappa shape index (κ3) is 4.51. The highest BCUT2D eigenvalue weighted by atomic mass is 79.9. The molecular formula is C14H23BrN2O2S2. The van der Waals surface area contributed by atoms with Gasteiger partial charge in [-0.15, -0.1) is 11.3 Å². The molecule has 120 valence electrons. The van der Waals surface area contributed by atoms with Crippen molar-refractivity contribution in [3.8, 4) is 0 Å². The number of nitrogens with one attached hydrogen (secondary N) is 2. The van der Waals surface area contributed by atoms with Gasteiger partial charge in [0.25, 0.3) is 0 Å². The number of sulfonamides is 1. The molecule has 2 unspecified atom stereocenters. The first-order valence-corrected chi connectivity index (χ1v) is 10.5. The molecule has 0 saturated heterocycles. The lowest BCUT2D eigenvalue weighted by Crippen LogP contribution is -2.40. The molecule has 1 aliphatic rings. The summed E-state index contributed by atoms with van der Waals surface area (Å²) in [7, 11) is -3.44. The van der Waals surface area contributed by atoms with Gasteiger partial charge in [-0.05, 0) is 47.3 Å². The second kappa shape index (κ2) is 7.55. The normalized spacial score (nSPS) is 23.4. The highest BCUT2D eigenvalue weighted by Crippen LogP contribution is 2.33. The summed E-state index contributed by atoms with van der Waals surface area (Å²) in [6.45, 7) is 5.74. The molecule has 1 aromatic heterocycles. The Balaban J connectivity index is 2.13. The second-order valence-corrected chi connectivity index (χ2v) is 9.76. The molecule has 0 radical (unpaired) electrons. The Hall–Kier alpha value is 0.0500. The van der Waals surface area contributed by atoms with Crippen molar-refractivity contribution in [3.05, 3.63) is 14.7 Å². The number of hydrogen-bond donors (Lipinski definition) is 2. The van der Waals surface area contributed by atoms with Gasteiger partial charge >= 0.3 is 0 Å². The molecule has 2 atom stereocenters. The van der Waals surface area contributed by atoms with E-state index in [4.69, 9.17) is 0 Å². The Morgan fingerprint density at radius 1 is 1.38 bits per heavy atom. The van der Waals surface area contributed by atoms with Gasteiger partial charge in [0.15, 0.2) is 0 Å². The van der Waals surface area contributed by atoms with Gasteiger partial charge in [0.05, 0.1) is 3.79 Å². The first kappa shape index (κ1) is 17.4. The number of rotatable bonds is 6. The third-order valence-corrected chi connectivity index (χ3v) is 7.71. The van der Waals surface area contributed by atoms with Crippen LogP contribution in [-0.2, 0) is 16.6 Å². The van der Waals surface area contributed by atoms with E-state index in [9.17, 15) is 8.42 Å². The summed E-state index contributed by atoms with van der Waals surface area (Å²) in [6.07, 6.45) is 4.35.